The van der Waals surface area contributed by atoms with Crippen molar-refractivity contribution in [2.24, 2.45) is 0 Å². The number of nitrogens with one attached hydrogen (secondary N) is 1. The molecule has 1 aromatic heterocycles. The van der Waals surface area contributed by atoms with Crippen molar-refractivity contribution >= 4 is 34.1 Å². The van der Waals surface area contributed by atoms with Gasteiger partial charge in [-0.1, -0.05) is 24.6 Å². The van der Waals surface area contributed by atoms with Crippen molar-refractivity contribution in [1.82, 2.24) is 4.98 Å². The fourth-order valence-electron chi connectivity index (χ4n) is 2.51. The molecule has 0 saturated carbocycles. The number of anilines is 1. The molecule has 0 spiro atoms. The van der Waals surface area contributed by atoms with E-state index >= 15 is 0 Å². The van der Waals surface area contributed by atoms with Crippen LogP contribution < -0.4 is 5.32 Å². The maximum absolute atomic E-state index is 12.4. The Hall–Kier alpha value is -2.11. The first-order valence-corrected chi connectivity index (χ1v) is 10.0. The summed E-state index contributed by atoms with van der Waals surface area (Å²) in [4.78, 5) is 18.1. The lowest BCUT2D eigenvalue weighted by atomic mass is 10.0. The summed E-state index contributed by atoms with van der Waals surface area (Å²) in [5, 5.41) is 5.50. The van der Waals surface area contributed by atoms with E-state index in [2.05, 4.69) is 49.3 Å². The molecule has 2 aromatic carbocycles. The van der Waals surface area contributed by atoms with E-state index in [4.69, 9.17) is 0 Å². The summed E-state index contributed by atoms with van der Waals surface area (Å²) in [6, 6.07) is 14.0. The van der Waals surface area contributed by atoms with Gasteiger partial charge in [-0.3, -0.25) is 10.1 Å². The van der Waals surface area contributed by atoms with Crippen LogP contribution in [-0.4, -0.2) is 16.6 Å². The molecule has 0 saturated heterocycles. The molecule has 0 radical (unpaired) electrons. The molecule has 0 aliphatic heterocycles. The third-order valence-electron chi connectivity index (χ3n) is 3.82. The standard InChI is InChI=1S/C20H20N2OS2/c1-4-24-16-9-7-15(8-10-16)19(23)22-20-21-18(12-25-20)17-11-13(2)5-6-14(17)3/h5-12H,4H2,1-3H3,(H,21,22,23). The molecule has 128 valence electrons. The predicted octanol–water partition coefficient (Wildman–Crippen LogP) is 5.79. The lowest BCUT2D eigenvalue weighted by Gasteiger charge is -2.05. The Morgan fingerprint density at radius 1 is 1.16 bits per heavy atom. The minimum atomic E-state index is -0.130. The first kappa shape index (κ1) is 17.7. The summed E-state index contributed by atoms with van der Waals surface area (Å²) in [6.45, 7) is 6.25. The molecule has 1 heterocycles. The van der Waals surface area contributed by atoms with Gasteiger partial charge in [-0.05, 0) is 55.5 Å². The van der Waals surface area contributed by atoms with Crippen LogP contribution in [0.2, 0.25) is 0 Å². The summed E-state index contributed by atoms with van der Waals surface area (Å²) in [7, 11) is 0. The van der Waals surface area contributed by atoms with Gasteiger partial charge in [-0.15, -0.1) is 23.1 Å². The van der Waals surface area contributed by atoms with E-state index in [0.717, 1.165) is 17.0 Å². The van der Waals surface area contributed by atoms with Crippen molar-refractivity contribution in [3.8, 4) is 11.3 Å². The maximum Gasteiger partial charge on any atom is 0.257 e. The molecule has 25 heavy (non-hydrogen) atoms. The third kappa shape index (κ3) is 4.30. The van der Waals surface area contributed by atoms with E-state index in [0.29, 0.717) is 10.7 Å². The molecule has 3 nitrogen and oxygen atoms in total. The van der Waals surface area contributed by atoms with Crippen molar-refractivity contribution in [3.05, 3.63) is 64.5 Å². The number of hydrogen-bond donors (Lipinski definition) is 1. The van der Waals surface area contributed by atoms with Crippen LogP contribution in [-0.2, 0) is 0 Å². The topological polar surface area (TPSA) is 42.0 Å². The molecule has 0 aliphatic rings. The highest BCUT2D eigenvalue weighted by Crippen LogP contribution is 2.28. The fourth-order valence-corrected chi connectivity index (χ4v) is 3.87. The van der Waals surface area contributed by atoms with Crippen molar-refractivity contribution in [1.29, 1.82) is 0 Å². The maximum atomic E-state index is 12.4. The van der Waals surface area contributed by atoms with Gasteiger partial charge in [0.05, 0.1) is 5.69 Å². The van der Waals surface area contributed by atoms with E-state index in [9.17, 15) is 4.79 Å². The number of thioether (sulfide) groups is 1. The van der Waals surface area contributed by atoms with E-state index in [1.165, 1.54) is 27.4 Å². The Kier molecular flexibility index (Phi) is 5.56. The Labute approximate surface area is 156 Å². The predicted molar refractivity (Wildman–Crippen MR) is 108 cm³/mol. The number of carbonyl (C=O) groups excluding carboxylic acids is 1. The van der Waals surface area contributed by atoms with Gasteiger partial charge in [0.2, 0.25) is 0 Å². The second-order valence-corrected chi connectivity index (χ2v) is 7.96. The molecule has 0 bridgehead atoms. The van der Waals surface area contributed by atoms with Crippen LogP contribution in [0.5, 0.6) is 0 Å². The average Bonchev–Trinajstić information content (AvgIpc) is 3.06. The summed E-state index contributed by atoms with van der Waals surface area (Å²) in [5.41, 5.74) is 5.03. The number of thiazole rings is 1. The lowest BCUT2D eigenvalue weighted by Crippen LogP contribution is -2.11. The molecule has 1 amide bonds. The number of amides is 1. The van der Waals surface area contributed by atoms with Crippen LogP contribution in [0.3, 0.4) is 0 Å². The largest absolute Gasteiger partial charge is 0.298 e. The summed E-state index contributed by atoms with van der Waals surface area (Å²) in [5.74, 6) is 0.890. The van der Waals surface area contributed by atoms with Gasteiger partial charge >= 0.3 is 0 Å². The quantitative estimate of drug-likeness (QED) is 0.579. The summed E-state index contributed by atoms with van der Waals surface area (Å²) in [6.07, 6.45) is 0. The minimum Gasteiger partial charge on any atom is -0.298 e. The van der Waals surface area contributed by atoms with Gasteiger partial charge in [0.25, 0.3) is 5.91 Å². The van der Waals surface area contributed by atoms with E-state index < -0.39 is 0 Å². The van der Waals surface area contributed by atoms with Crippen LogP contribution in [0.25, 0.3) is 11.3 Å². The number of rotatable bonds is 5. The first-order valence-electron chi connectivity index (χ1n) is 8.14. The highest BCUT2D eigenvalue weighted by atomic mass is 32.2. The van der Waals surface area contributed by atoms with E-state index in [1.54, 1.807) is 11.8 Å². The van der Waals surface area contributed by atoms with E-state index in [-0.39, 0.29) is 5.91 Å². The molecule has 3 aromatic rings. The lowest BCUT2D eigenvalue weighted by molar-refractivity contribution is 0.102. The van der Waals surface area contributed by atoms with Crippen LogP contribution in [0, 0.1) is 13.8 Å². The Balaban J connectivity index is 1.74. The zero-order valence-electron chi connectivity index (χ0n) is 14.5. The van der Waals surface area contributed by atoms with Crippen LogP contribution >= 0.6 is 23.1 Å². The SMILES string of the molecule is CCSc1ccc(C(=O)Nc2nc(-c3cc(C)ccc3C)cs2)cc1. The molecule has 3 rings (SSSR count). The summed E-state index contributed by atoms with van der Waals surface area (Å²) < 4.78 is 0. The molecule has 0 fully saturated rings. The smallest absolute Gasteiger partial charge is 0.257 e. The Bertz CT molecular complexity index is 885. The molecular formula is C20H20N2OS2. The number of aromatic nitrogens is 1. The number of nitrogens with zero attached hydrogens (tertiary/aromatic N) is 1. The number of benzene rings is 2. The van der Waals surface area contributed by atoms with Crippen LogP contribution in [0.4, 0.5) is 5.13 Å². The van der Waals surface area contributed by atoms with Gasteiger partial charge in [0.15, 0.2) is 5.13 Å². The zero-order chi connectivity index (χ0) is 17.8. The number of aryl methyl sites for hydroxylation is 2. The third-order valence-corrected chi connectivity index (χ3v) is 5.47. The van der Waals surface area contributed by atoms with Gasteiger partial charge in [-0.2, -0.15) is 0 Å². The minimum absolute atomic E-state index is 0.130. The summed E-state index contributed by atoms with van der Waals surface area (Å²) >= 11 is 3.21. The molecule has 0 unspecified atom stereocenters. The molecular weight excluding hydrogens is 348 g/mol. The van der Waals surface area contributed by atoms with Crippen molar-refractivity contribution in [2.75, 3.05) is 11.1 Å². The van der Waals surface area contributed by atoms with Gasteiger partial charge in [0, 0.05) is 21.4 Å². The monoisotopic (exact) mass is 368 g/mol. The van der Waals surface area contributed by atoms with Crippen molar-refractivity contribution in [2.45, 2.75) is 25.7 Å². The highest BCUT2D eigenvalue weighted by Gasteiger charge is 2.11. The average molecular weight is 369 g/mol. The van der Waals surface area contributed by atoms with Crippen molar-refractivity contribution in [3.63, 3.8) is 0 Å². The Morgan fingerprint density at radius 3 is 2.64 bits per heavy atom. The molecule has 5 heteroatoms. The molecule has 1 N–H and O–H groups in total. The second kappa shape index (κ2) is 7.85. The number of hydrogen-bond acceptors (Lipinski definition) is 4. The molecule has 0 atom stereocenters. The van der Waals surface area contributed by atoms with Crippen molar-refractivity contribution < 1.29 is 4.79 Å². The van der Waals surface area contributed by atoms with E-state index in [1.807, 2.05) is 29.6 Å². The zero-order valence-corrected chi connectivity index (χ0v) is 16.1. The van der Waals surface area contributed by atoms with Crippen LogP contribution in [0.1, 0.15) is 28.4 Å². The van der Waals surface area contributed by atoms with Crippen LogP contribution in [0.15, 0.2) is 52.7 Å². The number of carbonyl (C=O) groups is 1. The first-order chi connectivity index (χ1) is 12.1. The fraction of sp³-hybridized carbons (Fsp3) is 0.200. The second-order valence-electron chi connectivity index (χ2n) is 5.77. The van der Waals surface area contributed by atoms with Gasteiger partial charge < -0.3 is 0 Å². The molecule has 0 aliphatic carbocycles. The Morgan fingerprint density at radius 2 is 1.92 bits per heavy atom. The van der Waals surface area contributed by atoms with Gasteiger partial charge in [0.1, 0.15) is 0 Å². The highest BCUT2D eigenvalue weighted by molar-refractivity contribution is 7.99. The normalized spacial score (nSPS) is 10.7. The van der Waals surface area contributed by atoms with Gasteiger partial charge in [-0.25, -0.2) is 4.98 Å².